The molecule has 21 heavy (non-hydrogen) atoms. The largest absolute Gasteiger partial charge is 0.477 e. The van der Waals surface area contributed by atoms with Crippen LogP contribution < -0.4 is 10.5 Å². The Kier molecular flexibility index (Phi) is 3.70. The van der Waals surface area contributed by atoms with Gasteiger partial charge in [-0.3, -0.25) is 0 Å². The first-order chi connectivity index (χ1) is 9.79. The van der Waals surface area contributed by atoms with E-state index in [2.05, 4.69) is 4.98 Å². The molecule has 0 fully saturated rings. The number of aromatic nitrogens is 1. The first kappa shape index (κ1) is 14.6. The maximum atomic E-state index is 12.8. The number of aromatic carboxylic acids is 1. The summed E-state index contributed by atoms with van der Waals surface area (Å²) in [6.07, 6.45) is -4.62. The fourth-order valence-corrected chi connectivity index (χ4v) is 1.55. The Morgan fingerprint density at radius 2 is 1.86 bits per heavy atom. The summed E-state index contributed by atoms with van der Waals surface area (Å²) in [7, 11) is 0. The molecule has 0 saturated carbocycles. The van der Waals surface area contributed by atoms with Crippen LogP contribution in [0.1, 0.15) is 16.1 Å². The maximum Gasteiger partial charge on any atom is 0.419 e. The van der Waals surface area contributed by atoms with E-state index >= 15 is 0 Å². The van der Waals surface area contributed by atoms with E-state index in [0.717, 1.165) is 18.2 Å². The predicted octanol–water partition coefficient (Wildman–Crippen LogP) is 3.17. The third-order valence-electron chi connectivity index (χ3n) is 2.51. The minimum Gasteiger partial charge on any atom is -0.477 e. The molecule has 3 N–H and O–H groups in total. The number of pyridine rings is 1. The quantitative estimate of drug-likeness (QED) is 0.909. The van der Waals surface area contributed by atoms with Crippen LogP contribution in [0.25, 0.3) is 0 Å². The molecule has 0 aliphatic carbocycles. The van der Waals surface area contributed by atoms with Gasteiger partial charge in [-0.1, -0.05) is 12.1 Å². The third-order valence-corrected chi connectivity index (χ3v) is 2.51. The molecule has 1 heterocycles. The number of nitrogens with zero attached hydrogens (tertiary/aromatic N) is 1. The second kappa shape index (κ2) is 5.31. The number of carboxylic acids is 1. The van der Waals surface area contributed by atoms with Crippen molar-refractivity contribution >= 4 is 11.7 Å². The smallest absolute Gasteiger partial charge is 0.419 e. The van der Waals surface area contributed by atoms with Gasteiger partial charge in [0.1, 0.15) is 5.75 Å². The van der Waals surface area contributed by atoms with Gasteiger partial charge in [-0.25, -0.2) is 9.78 Å². The monoisotopic (exact) mass is 298 g/mol. The number of anilines is 1. The number of para-hydroxylation sites is 1. The van der Waals surface area contributed by atoms with Crippen molar-refractivity contribution < 1.29 is 27.8 Å². The lowest BCUT2D eigenvalue weighted by atomic mass is 10.2. The molecule has 0 amide bonds. The van der Waals surface area contributed by atoms with Gasteiger partial charge in [0.15, 0.2) is 5.69 Å². The molecule has 0 aliphatic heterocycles. The van der Waals surface area contributed by atoms with Crippen LogP contribution in [-0.2, 0) is 6.18 Å². The van der Waals surface area contributed by atoms with Crippen molar-refractivity contribution in [1.82, 2.24) is 4.98 Å². The van der Waals surface area contributed by atoms with Crippen LogP contribution in [0.4, 0.5) is 18.9 Å². The van der Waals surface area contributed by atoms with Crippen molar-refractivity contribution in [1.29, 1.82) is 0 Å². The van der Waals surface area contributed by atoms with E-state index < -0.39 is 29.3 Å². The number of hydrogen-bond acceptors (Lipinski definition) is 4. The van der Waals surface area contributed by atoms with E-state index in [0.29, 0.717) is 0 Å². The molecule has 0 radical (unpaired) electrons. The van der Waals surface area contributed by atoms with Crippen molar-refractivity contribution in [3.63, 3.8) is 0 Å². The number of ether oxygens (including phenoxy) is 1. The van der Waals surface area contributed by atoms with Crippen LogP contribution in [0, 0.1) is 0 Å². The normalized spacial score (nSPS) is 11.2. The number of hydrogen-bond donors (Lipinski definition) is 2. The lowest BCUT2D eigenvalue weighted by molar-refractivity contribution is -0.138. The van der Waals surface area contributed by atoms with Crippen LogP contribution >= 0.6 is 0 Å². The maximum absolute atomic E-state index is 12.8. The Labute approximate surface area is 116 Å². The van der Waals surface area contributed by atoms with Crippen LogP contribution in [0.3, 0.4) is 0 Å². The Morgan fingerprint density at radius 3 is 2.48 bits per heavy atom. The van der Waals surface area contributed by atoms with Gasteiger partial charge in [0.25, 0.3) is 0 Å². The lowest BCUT2D eigenvalue weighted by Gasteiger charge is -2.14. The number of carboxylic acid groups (broad SMARTS) is 1. The summed E-state index contributed by atoms with van der Waals surface area (Å²) >= 11 is 0. The summed E-state index contributed by atoms with van der Waals surface area (Å²) in [5, 5.41) is 8.81. The SMILES string of the molecule is Nc1ccc(C(=O)O)nc1Oc1ccccc1C(F)(F)F. The minimum atomic E-state index is -4.62. The minimum absolute atomic E-state index is 0.0722. The molecule has 0 aliphatic rings. The lowest BCUT2D eigenvalue weighted by Crippen LogP contribution is -2.08. The van der Waals surface area contributed by atoms with Crippen molar-refractivity contribution in [3.05, 3.63) is 47.7 Å². The molecule has 110 valence electrons. The fourth-order valence-electron chi connectivity index (χ4n) is 1.55. The second-order valence-electron chi connectivity index (χ2n) is 3.99. The standard InChI is InChI=1S/C13H9F3N2O3/c14-13(15,16)7-3-1-2-4-10(7)21-11-8(17)5-6-9(18-11)12(19)20/h1-6H,17H2,(H,19,20). The van der Waals surface area contributed by atoms with E-state index in [1.54, 1.807) is 0 Å². The summed E-state index contributed by atoms with van der Waals surface area (Å²) in [5.41, 5.74) is 4.07. The van der Waals surface area contributed by atoms with E-state index in [4.69, 9.17) is 15.6 Å². The molecule has 5 nitrogen and oxygen atoms in total. The molecule has 0 spiro atoms. The van der Waals surface area contributed by atoms with Gasteiger partial charge < -0.3 is 15.6 Å². The van der Waals surface area contributed by atoms with Crippen LogP contribution in [-0.4, -0.2) is 16.1 Å². The molecular formula is C13H9F3N2O3. The van der Waals surface area contributed by atoms with E-state index in [1.165, 1.54) is 18.2 Å². The molecule has 1 aromatic carbocycles. The molecule has 0 saturated heterocycles. The highest BCUT2D eigenvalue weighted by molar-refractivity contribution is 5.86. The summed E-state index contributed by atoms with van der Waals surface area (Å²) in [6, 6.07) is 6.81. The summed E-state index contributed by atoms with van der Waals surface area (Å²) in [5.74, 6) is -2.25. The van der Waals surface area contributed by atoms with Crippen molar-refractivity contribution in [2.24, 2.45) is 0 Å². The molecule has 0 bridgehead atoms. The van der Waals surface area contributed by atoms with Crippen molar-refractivity contribution in [3.8, 4) is 11.6 Å². The number of nitrogen functional groups attached to an aromatic ring is 1. The average molecular weight is 298 g/mol. The molecule has 0 atom stereocenters. The van der Waals surface area contributed by atoms with Gasteiger partial charge in [-0.2, -0.15) is 13.2 Å². The van der Waals surface area contributed by atoms with Gasteiger partial charge in [-0.05, 0) is 24.3 Å². The number of rotatable bonds is 3. The molecule has 0 unspecified atom stereocenters. The second-order valence-corrected chi connectivity index (χ2v) is 3.99. The number of benzene rings is 1. The van der Waals surface area contributed by atoms with Crippen LogP contribution in [0.5, 0.6) is 11.6 Å². The Hall–Kier alpha value is -2.77. The van der Waals surface area contributed by atoms with Crippen LogP contribution in [0.15, 0.2) is 36.4 Å². The molecule has 2 aromatic rings. The van der Waals surface area contributed by atoms with E-state index in [-0.39, 0.29) is 11.4 Å². The first-order valence-electron chi connectivity index (χ1n) is 5.63. The van der Waals surface area contributed by atoms with Gasteiger partial charge >= 0.3 is 12.1 Å². The van der Waals surface area contributed by atoms with Crippen LogP contribution in [0.2, 0.25) is 0 Å². The van der Waals surface area contributed by atoms with Gasteiger partial charge in [-0.15, -0.1) is 0 Å². The number of alkyl halides is 3. The molecule has 8 heteroatoms. The van der Waals surface area contributed by atoms with E-state index in [1.807, 2.05) is 0 Å². The summed E-state index contributed by atoms with van der Waals surface area (Å²) in [6.45, 7) is 0. The molecular weight excluding hydrogens is 289 g/mol. The highest BCUT2D eigenvalue weighted by Gasteiger charge is 2.34. The highest BCUT2D eigenvalue weighted by atomic mass is 19.4. The average Bonchev–Trinajstić information content (AvgIpc) is 2.40. The topological polar surface area (TPSA) is 85.4 Å². The third kappa shape index (κ3) is 3.22. The Bertz CT molecular complexity index is 687. The van der Waals surface area contributed by atoms with Crippen molar-refractivity contribution in [2.45, 2.75) is 6.18 Å². The number of halogens is 3. The number of carbonyl (C=O) groups is 1. The summed E-state index contributed by atoms with van der Waals surface area (Å²) < 4.78 is 43.5. The van der Waals surface area contributed by atoms with Crippen molar-refractivity contribution in [2.75, 3.05) is 5.73 Å². The molecule has 1 aromatic heterocycles. The fraction of sp³-hybridized carbons (Fsp3) is 0.0769. The van der Waals surface area contributed by atoms with Gasteiger partial charge in [0, 0.05) is 0 Å². The Balaban J connectivity index is 2.44. The van der Waals surface area contributed by atoms with E-state index in [9.17, 15) is 18.0 Å². The van der Waals surface area contributed by atoms with Gasteiger partial charge in [0.05, 0.1) is 11.3 Å². The zero-order valence-electron chi connectivity index (χ0n) is 10.4. The van der Waals surface area contributed by atoms with Gasteiger partial charge in [0.2, 0.25) is 5.88 Å². The number of nitrogens with two attached hydrogens (primary N) is 1. The first-order valence-corrected chi connectivity index (χ1v) is 5.63. The molecule has 2 rings (SSSR count). The highest BCUT2D eigenvalue weighted by Crippen LogP contribution is 2.38. The Morgan fingerprint density at radius 1 is 1.19 bits per heavy atom. The summed E-state index contributed by atoms with van der Waals surface area (Å²) in [4.78, 5) is 14.4. The zero-order valence-corrected chi connectivity index (χ0v) is 10.4. The predicted molar refractivity (Wildman–Crippen MR) is 67.1 cm³/mol. The zero-order chi connectivity index (χ0) is 15.6.